The Kier molecular flexibility index (Phi) is 4.98. The molecule has 5 heteroatoms. The van der Waals surface area contributed by atoms with Gasteiger partial charge in [0.2, 0.25) is 11.8 Å². The first-order valence-electron chi connectivity index (χ1n) is 5.34. The topological polar surface area (TPSA) is 56.3 Å². The molecule has 1 aromatic rings. The summed E-state index contributed by atoms with van der Waals surface area (Å²) in [6.07, 6.45) is 0.952. The number of hydrogen-bond donors (Lipinski definition) is 1. The average molecular weight is 225 g/mol. The molecule has 1 aromatic heterocycles. The van der Waals surface area contributed by atoms with Crippen LogP contribution in [0, 0.1) is 6.92 Å². The van der Waals surface area contributed by atoms with Gasteiger partial charge in [-0.25, -0.2) is 4.98 Å². The minimum absolute atomic E-state index is 0.219. The molecule has 5 nitrogen and oxygen atoms in total. The number of anilines is 1. The Labute approximate surface area is 96.2 Å². The van der Waals surface area contributed by atoms with Crippen LogP contribution in [0.25, 0.3) is 0 Å². The van der Waals surface area contributed by atoms with E-state index in [2.05, 4.69) is 22.2 Å². The summed E-state index contributed by atoms with van der Waals surface area (Å²) in [4.78, 5) is 8.52. The first kappa shape index (κ1) is 12.7. The normalized spacial score (nSPS) is 12.2. The van der Waals surface area contributed by atoms with Crippen LogP contribution in [0.5, 0.6) is 5.88 Å². The Balaban J connectivity index is 2.74. The summed E-state index contributed by atoms with van der Waals surface area (Å²) >= 11 is 0. The van der Waals surface area contributed by atoms with Crippen LogP contribution in [0.4, 0.5) is 5.95 Å². The highest BCUT2D eigenvalue weighted by molar-refractivity contribution is 5.31. The molecule has 0 radical (unpaired) electrons. The average Bonchev–Trinajstić information content (AvgIpc) is 2.27. The molecule has 0 fully saturated rings. The van der Waals surface area contributed by atoms with Gasteiger partial charge in [0.1, 0.15) is 0 Å². The van der Waals surface area contributed by atoms with Crippen molar-refractivity contribution in [1.82, 2.24) is 9.97 Å². The molecule has 0 saturated heterocycles. The Morgan fingerprint density at radius 1 is 1.38 bits per heavy atom. The highest BCUT2D eigenvalue weighted by Crippen LogP contribution is 2.12. The maximum absolute atomic E-state index is 5.10. The molecule has 1 N–H and O–H groups in total. The number of hydrogen-bond acceptors (Lipinski definition) is 5. The van der Waals surface area contributed by atoms with E-state index in [4.69, 9.17) is 9.47 Å². The van der Waals surface area contributed by atoms with Gasteiger partial charge in [0.15, 0.2) is 0 Å². The number of nitrogens with zero attached hydrogens (tertiary/aromatic N) is 2. The van der Waals surface area contributed by atoms with Gasteiger partial charge in [-0.05, 0) is 13.3 Å². The van der Waals surface area contributed by atoms with E-state index >= 15 is 0 Å². The number of rotatable bonds is 6. The number of methoxy groups -OCH3 is 2. The Hall–Kier alpha value is -1.36. The zero-order chi connectivity index (χ0) is 12.0. The molecule has 1 heterocycles. The monoisotopic (exact) mass is 225 g/mol. The zero-order valence-electron chi connectivity index (χ0n) is 10.3. The molecular weight excluding hydrogens is 206 g/mol. The second-order valence-electron chi connectivity index (χ2n) is 3.58. The maximum Gasteiger partial charge on any atom is 0.226 e. The van der Waals surface area contributed by atoms with Crippen molar-refractivity contribution >= 4 is 5.95 Å². The van der Waals surface area contributed by atoms with E-state index in [1.54, 1.807) is 20.3 Å². The third-order valence-corrected chi connectivity index (χ3v) is 2.23. The van der Waals surface area contributed by atoms with Crippen LogP contribution in [0.2, 0.25) is 0 Å². The molecule has 16 heavy (non-hydrogen) atoms. The summed E-state index contributed by atoms with van der Waals surface area (Å²) < 4.78 is 10.2. The van der Waals surface area contributed by atoms with Crippen molar-refractivity contribution in [3.63, 3.8) is 0 Å². The molecule has 0 amide bonds. The lowest BCUT2D eigenvalue weighted by Crippen LogP contribution is -2.25. The van der Waals surface area contributed by atoms with Gasteiger partial charge < -0.3 is 14.8 Å². The summed E-state index contributed by atoms with van der Waals surface area (Å²) in [5.41, 5.74) is 0.876. The van der Waals surface area contributed by atoms with Crippen molar-refractivity contribution in [3.8, 4) is 5.88 Å². The van der Waals surface area contributed by atoms with Crippen molar-refractivity contribution in [2.24, 2.45) is 0 Å². The van der Waals surface area contributed by atoms with Gasteiger partial charge >= 0.3 is 0 Å². The third kappa shape index (κ3) is 3.66. The molecular formula is C11H19N3O2. The van der Waals surface area contributed by atoms with E-state index < -0.39 is 0 Å². The molecule has 90 valence electrons. The van der Waals surface area contributed by atoms with Crippen LogP contribution in [0.15, 0.2) is 6.07 Å². The van der Waals surface area contributed by atoms with Crippen LogP contribution in [0.1, 0.15) is 19.0 Å². The van der Waals surface area contributed by atoms with E-state index in [1.807, 2.05) is 6.92 Å². The first-order chi connectivity index (χ1) is 7.69. The van der Waals surface area contributed by atoms with Crippen LogP contribution >= 0.6 is 0 Å². The molecule has 0 aliphatic heterocycles. The molecule has 0 saturated carbocycles. The number of ether oxygens (including phenoxy) is 2. The SMILES string of the molecule is CCC(COC)Nc1nc(C)cc(OC)n1. The summed E-state index contributed by atoms with van der Waals surface area (Å²) in [6, 6.07) is 2.01. The molecule has 1 rings (SSSR count). The molecule has 0 aromatic carbocycles. The lowest BCUT2D eigenvalue weighted by molar-refractivity contribution is 0.184. The van der Waals surface area contributed by atoms with Gasteiger partial charge in [-0.3, -0.25) is 0 Å². The smallest absolute Gasteiger partial charge is 0.226 e. The minimum Gasteiger partial charge on any atom is -0.481 e. The van der Waals surface area contributed by atoms with E-state index in [1.165, 1.54) is 0 Å². The second kappa shape index (κ2) is 6.27. The predicted octanol–water partition coefficient (Wildman–Crippen LogP) is 1.63. The summed E-state index contributed by atoms with van der Waals surface area (Å²) in [7, 11) is 3.28. The summed E-state index contributed by atoms with van der Waals surface area (Å²) in [6.45, 7) is 4.63. The Morgan fingerprint density at radius 3 is 2.69 bits per heavy atom. The third-order valence-electron chi connectivity index (χ3n) is 2.23. The minimum atomic E-state index is 0.219. The Bertz CT molecular complexity index is 331. The van der Waals surface area contributed by atoms with Crippen molar-refractivity contribution in [3.05, 3.63) is 11.8 Å². The molecule has 1 atom stereocenters. The van der Waals surface area contributed by atoms with Gasteiger partial charge in [0, 0.05) is 18.9 Å². The fourth-order valence-corrected chi connectivity index (χ4v) is 1.35. The molecule has 0 aliphatic rings. The Morgan fingerprint density at radius 2 is 2.12 bits per heavy atom. The molecule has 0 aliphatic carbocycles. The van der Waals surface area contributed by atoms with Gasteiger partial charge in [-0.15, -0.1) is 0 Å². The van der Waals surface area contributed by atoms with Crippen LogP contribution < -0.4 is 10.1 Å². The quantitative estimate of drug-likeness (QED) is 0.797. The standard InChI is InChI=1S/C11H19N3O2/c1-5-9(7-15-3)13-11-12-8(2)6-10(14-11)16-4/h6,9H,5,7H2,1-4H3,(H,12,13,14). The summed E-state index contributed by atoms with van der Waals surface area (Å²) in [5.74, 6) is 1.16. The number of aryl methyl sites for hydroxylation is 1. The molecule has 0 bridgehead atoms. The summed E-state index contributed by atoms with van der Waals surface area (Å²) in [5, 5.41) is 3.22. The van der Waals surface area contributed by atoms with Crippen molar-refractivity contribution < 1.29 is 9.47 Å². The molecule has 1 unspecified atom stereocenters. The lowest BCUT2D eigenvalue weighted by atomic mass is 10.2. The highest BCUT2D eigenvalue weighted by atomic mass is 16.5. The van der Waals surface area contributed by atoms with E-state index in [9.17, 15) is 0 Å². The second-order valence-corrected chi connectivity index (χ2v) is 3.58. The first-order valence-corrected chi connectivity index (χ1v) is 5.34. The van der Waals surface area contributed by atoms with Gasteiger partial charge in [0.25, 0.3) is 0 Å². The van der Waals surface area contributed by atoms with Gasteiger partial charge in [-0.2, -0.15) is 4.98 Å². The highest BCUT2D eigenvalue weighted by Gasteiger charge is 2.08. The predicted molar refractivity (Wildman–Crippen MR) is 62.9 cm³/mol. The van der Waals surface area contributed by atoms with Crippen molar-refractivity contribution in [2.75, 3.05) is 26.1 Å². The van der Waals surface area contributed by atoms with Gasteiger partial charge in [0.05, 0.1) is 19.8 Å². The fraction of sp³-hybridized carbons (Fsp3) is 0.636. The van der Waals surface area contributed by atoms with E-state index in [0.717, 1.165) is 12.1 Å². The van der Waals surface area contributed by atoms with Crippen LogP contribution in [0.3, 0.4) is 0 Å². The number of nitrogens with one attached hydrogen (secondary N) is 1. The fourth-order valence-electron chi connectivity index (χ4n) is 1.35. The zero-order valence-corrected chi connectivity index (χ0v) is 10.3. The van der Waals surface area contributed by atoms with Crippen molar-refractivity contribution in [1.29, 1.82) is 0 Å². The lowest BCUT2D eigenvalue weighted by Gasteiger charge is -2.16. The molecule has 0 spiro atoms. The largest absolute Gasteiger partial charge is 0.481 e. The van der Waals surface area contributed by atoms with Gasteiger partial charge in [-0.1, -0.05) is 6.92 Å². The maximum atomic E-state index is 5.10. The van der Waals surface area contributed by atoms with E-state index in [-0.39, 0.29) is 6.04 Å². The van der Waals surface area contributed by atoms with Crippen molar-refractivity contribution in [2.45, 2.75) is 26.3 Å². The van der Waals surface area contributed by atoms with Crippen LogP contribution in [-0.4, -0.2) is 36.8 Å². The van der Waals surface area contributed by atoms with Crippen LogP contribution in [-0.2, 0) is 4.74 Å². The van der Waals surface area contributed by atoms with E-state index in [0.29, 0.717) is 18.4 Å². The number of aromatic nitrogens is 2.